The molecule has 1 amide bonds. The number of hydrogen-bond acceptors (Lipinski definition) is 8. The lowest BCUT2D eigenvalue weighted by molar-refractivity contribution is -0.126. The van der Waals surface area contributed by atoms with Crippen molar-refractivity contribution < 1.29 is 9.18 Å². The summed E-state index contributed by atoms with van der Waals surface area (Å²) in [5.41, 5.74) is 8.51. The maximum atomic E-state index is 15.2. The molecule has 12 heteroatoms. The van der Waals surface area contributed by atoms with Crippen LogP contribution in [0.3, 0.4) is 0 Å². The Hall–Kier alpha value is -4.38. The van der Waals surface area contributed by atoms with E-state index in [4.69, 9.17) is 22.3 Å². The maximum absolute atomic E-state index is 15.2. The van der Waals surface area contributed by atoms with E-state index in [1.54, 1.807) is 23.4 Å². The smallest absolute Gasteiger partial charge is 0.355 e. The van der Waals surface area contributed by atoms with E-state index in [2.05, 4.69) is 21.5 Å². The number of pyridine rings is 1. The van der Waals surface area contributed by atoms with Crippen LogP contribution in [0.15, 0.2) is 48.0 Å². The highest BCUT2D eigenvalue weighted by Gasteiger charge is 2.37. The number of halogens is 2. The molecule has 2 N–H and O–H groups in total. The number of anilines is 2. The van der Waals surface area contributed by atoms with Crippen molar-refractivity contribution in [1.82, 2.24) is 29.4 Å². The summed E-state index contributed by atoms with van der Waals surface area (Å²) in [5.74, 6) is 0.0905. The van der Waals surface area contributed by atoms with Crippen LogP contribution in [0, 0.1) is 5.82 Å². The molecule has 0 unspecified atom stereocenters. The van der Waals surface area contributed by atoms with E-state index in [0.717, 1.165) is 37.1 Å². The molecule has 0 bridgehead atoms. The van der Waals surface area contributed by atoms with Gasteiger partial charge in [0.1, 0.15) is 18.0 Å². The van der Waals surface area contributed by atoms with Crippen LogP contribution in [0.25, 0.3) is 28.0 Å². The second-order valence-electron chi connectivity index (χ2n) is 11.5. The third-order valence-electron chi connectivity index (χ3n) is 8.50. The average Bonchev–Trinajstić information content (AvgIpc) is 3.91. The number of aromatic nitrogens is 5. The molecule has 4 aromatic rings. The van der Waals surface area contributed by atoms with Gasteiger partial charge in [0.05, 0.1) is 38.7 Å². The van der Waals surface area contributed by atoms with Crippen LogP contribution < -0.4 is 16.3 Å². The van der Waals surface area contributed by atoms with E-state index in [1.165, 1.54) is 22.8 Å². The lowest BCUT2D eigenvalue weighted by atomic mass is 10.1. The molecule has 43 heavy (non-hydrogen) atoms. The van der Waals surface area contributed by atoms with E-state index < -0.39 is 11.5 Å². The highest BCUT2D eigenvalue weighted by molar-refractivity contribution is 6.34. The van der Waals surface area contributed by atoms with Crippen molar-refractivity contribution in [2.45, 2.75) is 50.5 Å². The van der Waals surface area contributed by atoms with Crippen molar-refractivity contribution >= 4 is 40.0 Å². The molecule has 2 aliphatic carbocycles. The minimum absolute atomic E-state index is 0.0609. The number of nitrogens with zero attached hydrogens (tertiary/aromatic N) is 7. The van der Waals surface area contributed by atoms with Gasteiger partial charge in [-0.15, -0.1) is 0 Å². The summed E-state index contributed by atoms with van der Waals surface area (Å²) < 4.78 is 16.7. The number of fused-ring (bicyclic) bond motifs is 1. The Morgan fingerprint density at radius 2 is 1.81 bits per heavy atom. The molecular weight excluding hydrogens is 571 g/mol. The number of nitrogens with two attached hydrogens (primary N) is 1. The number of hydrogen-bond donors (Lipinski definition) is 1. The van der Waals surface area contributed by atoms with Gasteiger partial charge in [0.25, 0.3) is 0 Å². The standard InChI is InChI=1S/C31H30ClFN8O2/c1-3-23(42)39-11-12-40(16(2)14-39)29-19-13-20(32)27(24-21(33)5-4-6-22(24)34)37-30(19)41(31(43)38-29)28-25(17-7-8-17)35-15-36-26(28)18-9-10-18/h3-6,13,15-18H,1,7-12,14,34H2,2H3/t16-/m0/s1. The minimum atomic E-state index is -0.575. The van der Waals surface area contributed by atoms with Crippen molar-refractivity contribution in [3.63, 3.8) is 0 Å². The van der Waals surface area contributed by atoms with Crippen LogP contribution in [0.2, 0.25) is 5.02 Å². The lowest BCUT2D eigenvalue weighted by Crippen LogP contribution is -2.54. The number of carbonyl (C=O) groups is 1. The maximum Gasteiger partial charge on any atom is 0.355 e. The highest BCUT2D eigenvalue weighted by Crippen LogP contribution is 2.48. The molecule has 1 saturated heterocycles. The molecular formula is C31H30ClFN8O2. The van der Waals surface area contributed by atoms with Crippen LogP contribution >= 0.6 is 11.6 Å². The molecule has 7 rings (SSSR count). The summed E-state index contributed by atoms with van der Waals surface area (Å²) in [5, 5.41) is 0.686. The summed E-state index contributed by atoms with van der Waals surface area (Å²) >= 11 is 6.83. The zero-order valence-electron chi connectivity index (χ0n) is 23.6. The number of piperazine rings is 1. The second kappa shape index (κ2) is 10.4. The number of carbonyl (C=O) groups excluding carboxylic acids is 1. The quantitative estimate of drug-likeness (QED) is 0.252. The second-order valence-corrected chi connectivity index (χ2v) is 11.9. The van der Waals surface area contributed by atoms with Gasteiger partial charge in [-0.25, -0.2) is 28.7 Å². The SMILES string of the molecule is C=CC(=O)N1CCN(c2nc(=O)n(-c3c(C4CC4)ncnc3C3CC3)c3nc(-c4c(N)cccc4F)c(Cl)cc23)[C@@H](C)C1. The van der Waals surface area contributed by atoms with Gasteiger partial charge in [-0.2, -0.15) is 4.98 Å². The van der Waals surface area contributed by atoms with Crippen molar-refractivity contribution in [2.24, 2.45) is 0 Å². The van der Waals surface area contributed by atoms with Crippen LogP contribution in [0.1, 0.15) is 55.8 Å². The van der Waals surface area contributed by atoms with Crippen LogP contribution in [-0.2, 0) is 4.79 Å². The molecule has 1 aromatic carbocycles. The van der Waals surface area contributed by atoms with Gasteiger partial charge in [0.2, 0.25) is 5.91 Å². The Morgan fingerprint density at radius 1 is 1.12 bits per heavy atom. The summed E-state index contributed by atoms with van der Waals surface area (Å²) in [6.45, 7) is 6.85. The highest BCUT2D eigenvalue weighted by atomic mass is 35.5. The fraction of sp³-hybridized carbons (Fsp3) is 0.355. The third kappa shape index (κ3) is 4.71. The molecule has 0 radical (unpaired) electrons. The molecule has 0 spiro atoms. The normalized spacial score (nSPS) is 18.7. The first-order chi connectivity index (χ1) is 20.8. The van der Waals surface area contributed by atoms with E-state index in [9.17, 15) is 9.59 Å². The van der Waals surface area contributed by atoms with E-state index in [1.807, 2.05) is 11.8 Å². The molecule has 3 aromatic heterocycles. The largest absolute Gasteiger partial charge is 0.398 e. The van der Waals surface area contributed by atoms with Gasteiger partial charge in [0, 0.05) is 43.2 Å². The van der Waals surface area contributed by atoms with Gasteiger partial charge in [-0.1, -0.05) is 24.2 Å². The van der Waals surface area contributed by atoms with Gasteiger partial charge >= 0.3 is 5.69 Å². The fourth-order valence-corrected chi connectivity index (χ4v) is 6.29. The number of benzene rings is 1. The molecule has 220 valence electrons. The van der Waals surface area contributed by atoms with Gasteiger partial charge < -0.3 is 15.5 Å². The average molecular weight is 601 g/mol. The first kappa shape index (κ1) is 27.5. The molecule has 4 heterocycles. The molecule has 1 aliphatic heterocycles. The summed E-state index contributed by atoms with van der Waals surface area (Å²) in [6, 6.07) is 5.90. The predicted octanol–water partition coefficient (Wildman–Crippen LogP) is 4.59. The van der Waals surface area contributed by atoms with Gasteiger partial charge in [-0.05, 0) is 56.9 Å². The van der Waals surface area contributed by atoms with Gasteiger partial charge in [-0.3, -0.25) is 4.79 Å². The van der Waals surface area contributed by atoms with Gasteiger partial charge in [0.15, 0.2) is 5.65 Å². The van der Waals surface area contributed by atoms with Crippen molar-refractivity contribution in [1.29, 1.82) is 0 Å². The number of amides is 1. The monoisotopic (exact) mass is 600 g/mol. The van der Waals surface area contributed by atoms with E-state index in [-0.39, 0.29) is 51.4 Å². The van der Waals surface area contributed by atoms with E-state index in [0.29, 0.717) is 36.5 Å². The lowest BCUT2D eigenvalue weighted by Gasteiger charge is -2.40. The van der Waals surface area contributed by atoms with Crippen molar-refractivity contribution in [2.75, 3.05) is 30.3 Å². The van der Waals surface area contributed by atoms with Crippen molar-refractivity contribution in [3.8, 4) is 16.9 Å². The molecule has 1 atom stereocenters. The number of rotatable bonds is 6. The topological polar surface area (TPSA) is 123 Å². The van der Waals surface area contributed by atoms with Crippen LogP contribution in [0.4, 0.5) is 15.9 Å². The van der Waals surface area contributed by atoms with Crippen LogP contribution in [0.5, 0.6) is 0 Å². The Morgan fingerprint density at radius 3 is 2.42 bits per heavy atom. The molecule has 3 fully saturated rings. The molecule has 3 aliphatic rings. The first-order valence-corrected chi connectivity index (χ1v) is 14.9. The predicted molar refractivity (Wildman–Crippen MR) is 163 cm³/mol. The minimum Gasteiger partial charge on any atom is -0.398 e. The fourth-order valence-electron chi connectivity index (χ4n) is 6.04. The zero-order valence-corrected chi connectivity index (χ0v) is 24.4. The molecule has 2 saturated carbocycles. The Kier molecular flexibility index (Phi) is 6.65. The summed E-state index contributed by atoms with van der Waals surface area (Å²) in [7, 11) is 0. The Balaban J connectivity index is 1.50. The molecule has 10 nitrogen and oxygen atoms in total. The Bertz CT molecular complexity index is 1820. The number of nitrogen functional groups attached to an aromatic ring is 1. The van der Waals surface area contributed by atoms with E-state index >= 15 is 4.39 Å². The summed E-state index contributed by atoms with van der Waals surface area (Å²) in [4.78, 5) is 49.0. The van der Waals surface area contributed by atoms with Crippen molar-refractivity contribution in [3.05, 3.63) is 76.0 Å². The summed E-state index contributed by atoms with van der Waals surface area (Å²) in [6.07, 6.45) is 6.73. The first-order valence-electron chi connectivity index (χ1n) is 14.5. The van der Waals surface area contributed by atoms with Crippen LogP contribution in [-0.4, -0.2) is 61.0 Å². The third-order valence-corrected chi connectivity index (χ3v) is 8.79. The zero-order chi connectivity index (χ0) is 30.0. The Labute approximate surface area is 252 Å².